The highest BCUT2D eigenvalue weighted by Gasteiger charge is 2.38. The van der Waals surface area contributed by atoms with Crippen LogP contribution < -0.4 is 0 Å². The van der Waals surface area contributed by atoms with E-state index in [1.807, 2.05) is 0 Å². The molecule has 1 heterocycles. The average molecular weight is 196 g/mol. The summed E-state index contributed by atoms with van der Waals surface area (Å²) in [5.74, 6) is -1.44. The highest BCUT2D eigenvalue weighted by Crippen LogP contribution is 2.25. The molecule has 3 nitrogen and oxygen atoms in total. The Morgan fingerprint density at radius 1 is 1.62 bits per heavy atom. The van der Waals surface area contributed by atoms with E-state index in [-0.39, 0.29) is 12.7 Å². The maximum Gasteiger partial charge on any atom is 0.422 e. The van der Waals surface area contributed by atoms with E-state index >= 15 is 0 Å². The molecule has 0 spiro atoms. The zero-order valence-electron chi connectivity index (χ0n) is 6.56. The van der Waals surface area contributed by atoms with Crippen molar-refractivity contribution in [2.24, 2.45) is 0 Å². The van der Waals surface area contributed by atoms with Crippen molar-refractivity contribution in [2.45, 2.75) is 12.3 Å². The number of rotatable bonds is 3. The number of ether oxygens (including phenoxy) is 2. The van der Waals surface area contributed by atoms with Gasteiger partial charge in [-0.2, -0.15) is 13.2 Å². The number of carbonyl (C=O) groups excluding carboxylic acids is 1. The first-order valence-corrected chi connectivity index (χ1v) is 3.46. The molecule has 74 valence electrons. The van der Waals surface area contributed by atoms with E-state index < -0.39 is 17.7 Å². The topological polar surface area (TPSA) is 38.8 Å². The van der Waals surface area contributed by atoms with Gasteiger partial charge in [0.05, 0.1) is 6.61 Å². The number of halogens is 3. The number of carbonyl (C=O) groups is 1. The van der Waals surface area contributed by atoms with E-state index in [1.165, 1.54) is 0 Å². The molecule has 0 aromatic heterocycles. The number of alkyl halides is 3. The molecule has 0 radical (unpaired) electrons. The van der Waals surface area contributed by atoms with Crippen LogP contribution in [0.1, 0.15) is 0 Å². The van der Waals surface area contributed by atoms with Crippen LogP contribution in [0.3, 0.4) is 0 Å². The number of esters is 1. The number of hydrogen-bond acceptors (Lipinski definition) is 3. The van der Waals surface area contributed by atoms with Gasteiger partial charge in [-0.3, -0.25) is 0 Å². The fourth-order valence-corrected chi connectivity index (χ4v) is 0.536. The molecule has 13 heavy (non-hydrogen) atoms. The summed E-state index contributed by atoms with van der Waals surface area (Å²) in [6.07, 6.45) is -4.97. The predicted octanol–water partition coefficient (Wildman–Crippen LogP) is 1.05. The molecule has 6 heteroatoms. The Balaban J connectivity index is 2.33. The van der Waals surface area contributed by atoms with E-state index in [4.69, 9.17) is 0 Å². The van der Waals surface area contributed by atoms with Gasteiger partial charge in [-0.15, -0.1) is 0 Å². The fraction of sp³-hybridized carbons (Fsp3) is 0.571. The zero-order chi connectivity index (χ0) is 10.1. The maximum atomic E-state index is 11.8. The summed E-state index contributed by atoms with van der Waals surface area (Å²) < 4.78 is 44.3. The normalized spacial score (nSPS) is 21.0. The summed E-state index contributed by atoms with van der Waals surface area (Å²) in [6, 6.07) is 0. The molecule has 0 aliphatic carbocycles. The third kappa shape index (κ3) is 3.06. The van der Waals surface area contributed by atoms with Gasteiger partial charge in [-0.05, 0) is 0 Å². The second-order valence-electron chi connectivity index (χ2n) is 2.53. The molecule has 0 aromatic carbocycles. The first kappa shape index (κ1) is 10.0. The van der Waals surface area contributed by atoms with Gasteiger partial charge in [0.15, 0.2) is 0 Å². The van der Waals surface area contributed by atoms with Gasteiger partial charge in [0.1, 0.15) is 18.3 Å². The monoisotopic (exact) mass is 196 g/mol. The molecular weight excluding hydrogens is 189 g/mol. The van der Waals surface area contributed by atoms with Crippen molar-refractivity contribution in [3.63, 3.8) is 0 Å². The van der Waals surface area contributed by atoms with Crippen LogP contribution in [0.15, 0.2) is 12.2 Å². The Morgan fingerprint density at radius 2 is 2.15 bits per heavy atom. The molecule has 0 aromatic rings. The largest absolute Gasteiger partial charge is 0.459 e. The summed E-state index contributed by atoms with van der Waals surface area (Å²) in [7, 11) is 0. The number of hydrogen-bond donors (Lipinski definition) is 0. The standard InChI is InChI=1S/C7H7F3O3/c1-4(7(8,9)10)6(11)13-3-5-2-12-5/h5H,1-3H2. The minimum atomic E-state index is -4.72. The Bertz CT molecular complexity index is 230. The van der Waals surface area contributed by atoms with E-state index in [0.29, 0.717) is 6.61 Å². The van der Waals surface area contributed by atoms with Crippen molar-refractivity contribution < 1.29 is 27.4 Å². The highest BCUT2D eigenvalue weighted by atomic mass is 19.4. The van der Waals surface area contributed by atoms with E-state index in [0.717, 1.165) is 0 Å². The molecule has 1 aliphatic rings. The summed E-state index contributed by atoms with van der Waals surface area (Å²) in [6.45, 7) is 2.86. The summed E-state index contributed by atoms with van der Waals surface area (Å²) >= 11 is 0. The number of epoxide rings is 1. The van der Waals surface area contributed by atoms with Gasteiger partial charge in [0.25, 0.3) is 0 Å². The Morgan fingerprint density at radius 3 is 2.54 bits per heavy atom. The minimum absolute atomic E-state index is 0.145. The molecule has 0 amide bonds. The van der Waals surface area contributed by atoms with Gasteiger partial charge < -0.3 is 9.47 Å². The van der Waals surface area contributed by atoms with Crippen LogP contribution in [-0.4, -0.2) is 31.5 Å². The van der Waals surface area contributed by atoms with Crippen molar-refractivity contribution >= 4 is 5.97 Å². The first-order chi connectivity index (χ1) is 5.91. The lowest BCUT2D eigenvalue weighted by molar-refractivity contribution is -0.151. The molecule has 1 saturated heterocycles. The molecule has 1 unspecified atom stereocenters. The van der Waals surface area contributed by atoms with Gasteiger partial charge in [-0.1, -0.05) is 6.58 Å². The lowest BCUT2D eigenvalue weighted by Crippen LogP contribution is -2.22. The van der Waals surface area contributed by atoms with Crippen molar-refractivity contribution in [3.05, 3.63) is 12.2 Å². The Hall–Kier alpha value is -1.04. The lowest BCUT2D eigenvalue weighted by atomic mass is 10.3. The van der Waals surface area contributed by atoms with Crippen LogP contribution in [0.2, 0.25) is 0 Å². The van der Waals surface area contributed by atoms with Crippen LogP contribution >= 0.6 is 0 Å². The lowest BCUT2D eigenvalue weighted by Gasteiger charge is -2.08. The molecule has 1 rings (SSSR count). The van der Waals surface area contributed by atoms with Crippen molar-refractivity contribution in [2.75, 3.05) is 13.2 Å². The van der Waals surface area contributed by atoms with Crippen LogP contribution in [0, 0.1) is 0 Å². The second-order valence-corrected chi connectivity index (χ2v) is 2.53. The van der Waals surface area contributed by atoms with Crippen LogP contribution in [-0.2, 0) is 14.3 Å². The minimum Gasteiger partial charge on any atom is -0.459 e. The van der Waals surface area contributed by atoms with Crippen molar-refractivity contribution in [1.29, 1.82) is 0 Å². The van der Waals surface area contributed by atoms with Crippen LogP contribution in [0.5, 0.6) is 0 Å². The van der Waals surface area contributed by atoms with E-state index in [9.17, 15) is 18.0 Å². The molecule has 0 saturated carbocycles. The zero-order valence-corrected chi connectivity index (χ0v) is 6.56. The SMILES string of the molecule is C=C(C(=O)OCC1CO1)C(F)(F)F. The summed E-state index contributed by atoms with van der Waals surface area (Å²) in [5.41, 5.74) is -1.49. The molecular formula is C7H7F3O3. The average Bonchev–Trinajstić information content (AvgIpc) is 2.80. The van der Waals surface area contributed by atoms with Gasteiger partial charge in [0, 0.05) is 0 Å². The first-order valence-electron chi connectivity index (χ1n) is 3.46. The Kier molecular flexibility index (Phi) is 2.60. The second kappa shape index (κ2) is 3.37. The Labute approximate surface area is 72.1 Å². The third-order valence-corrected chi connectivity index (χ3v) is 1.39. The predicted molar refractivity (Wildman–Crippen MR) is 35.9 cm³/mol. The summed E-state index contributed by atoms with van der Waals surface area (Å²) in [4.78, 5) is 10.6. The molecule has 1 fully saturated rings. The molecule has 1 atom stereocenters. The van der Waals surface area contributed by atoms with Gasteiger partial charge >= 0.3 is 12.1 Å². The fourth-order valence-electron chi connectivity index (χ4n) is 0.536. The molecule has 1 aliphatic heterocycles. The van der Waals surface area contributed by atoms with Gasteiger partial charge in [-0.25, -0.2) is 4.79 Å². The molecule has 0 bridgehead atoms. The maximum absolute atomic E-state index is 11.8. The van der Waals surface area contributed by atoms with Crippen molar-refractivity contribution in [3.8, 4) is 0 Å². The summed E-state index contributed by atoms with van der Waals surface area (Å²) in [5, 5.41) is 0. The highest BCUT2D eigenvalue weighted by molar-refractivity contribution is 5.89. The van der Waals surface area contributed by atoms with Crippen molar-refractivity contribution in [1.82, 2.24) is 0 Å². The smallest absolute Gasteiger partial charge is 0.422 e. The third-order valence-electron chi connectivity index (χ3n) is 1.39. The van der Waals surface area contributed by atoms with E-state index in [2.05, 4.69) is 16.1 Å². The van der Waals surface area contributed by atoms with Gasteiger partial charge in [0.2, 0.25) is 0 Å². The van der Waals surface area contributed by atoms with E-state index in [1.54, 1.807) is 0 Å². The molecule has 0 N–H and O–H groups in total. The van der Waals surface area contributed by atoms with Crippen LogP contribution in [0.4, 0.5) is 13.2 Å². The quantitative estimate of drug-likeness (QED) is 0.384. The van der Waals surface area contributed by atoms with Crippen LogP contribution in [0.25, 0.3) is 0 Å².